The van der Waals surface area contributed by atoms with E-state index >= 15 is 0 Å². The van der Waals surface area contributed by atoms with E-state index in [2.05, 4.69) is 0 Å². The molecule has 0 aliphatic carbocycles. The van der Waals surface area contributed by atoms with Crippen LogP contribution in [-0.4, -0.2) is 6.21 Å². The first-order chi connectivity index (χ1) is 5.25. The SMILES string of the molecule is N=CCc1c(Cl)cccc1Cl. The molecule has 0 amide bonds. The van der Waals surface area contributed by atoms with Gasteiger partial charge < -0.3 is 5.41 Å². The molecule has 1 aromatic carbocycles. The Bertz CT molecular complexity index is 251. The minimum absolute atomic E-state index is 0.499. The number of benzene rings is 1. The van der Waals surface area contributed by atoms with Crippen molar-refractivity contribution in [3.8, 4) is 0 Å². The Balaban J connectivity index is 3.09. The Morgan fingerprint density at radius 1 is 1.27 bits per heavy atom. The van der Waals surface area contributed by atoms with E-state index in [1.165, 1.54) is 6.21 Å². The Morgan fingerprint density at radius 2 is 1.82 bits per heavy atom. The van der Waals surface area contributed by atoms with Gasteiger partial charge in [0.05, 0.1) is 0 Å². The molecule has 1 nitrogen and oxygen atoms in total. The molecule has 0 unspecified atom stereocenters. The van der Waals surface area contributed by atoms with Crippen LogP contribution in [-0.2, 0) is 6.42 Å². The van der Waals surface area contributed by atoms with Crippen molar-refractivity contribution in [1.82, 2.24) is 0 Å². The van der Waals surface area contributed by atoms with Crippen LogP contribution in [0.25, 0.3) is 0 Å². The summed E-state index contributed by atoms with van der Waals surface area (Å²) >= 11 is 11.6. The second-order valence-corrected chi connectivity index (χ2v) is 2.92. The second kappa shape index (κ2) is 3.74. The molecule has 1 rings (SSSR count). The van der Waals surface area contributed by atoms with Gasteiger partial charge in [-0.25, -0.2) is 0 Å². The summed E-state index contributed by atoms with van der Waals surface area (Å²) in [5.74, 6) is 0. The van der Waals surface area contributed by atoms with Crippen LogP contribution in [0.5, 0.6) is 0 Å². The number of nitrogens with one attached hydrogen (secondary N) is 1. The highest BCUT2D eigenvalue weighted by Crippen LogP contribution is 2.23. The predicted octanol–water partition coefficient (Wildman–Crippen LogP) is 3.19. The third kappa shape index (κ3) is 1.95. The molecule has 0 spiro atoms. The van der Waals surface area contributed by atoms with E-state index in [9.17, 15) is 0 Å². The van der Waals surface area contributed by atoms with Gasteiger partial charge in [0, 0.05) is 16.5 Å². The lowest BCUT2D eigenvalue weighted by Gasteiger charge is -2.01. The molecule has 1 aromatic rings. The number of halogens is 2. The topological polar surface area (TPSA) is 23.9 Å². The van der Waals surface area contributed by atoms with Crippen LogP contribution < -0.4 is 0 Å². The lowest BCUT2D eigenvalue weighted by Crippen LogP contribution is -1.87. The Kier molecular flexibility index (Phi) is 2.92. The fourth-order valence-electron chi connectivity index (χ4n) is 0.829. The minimum atomic E-state index is 0.499. The highest BCUT2D eigenvalue weighted by molar-refractivity contribution is 6.36. The van der Waals surface area contributed by atoms with Crippen LogP contribution in [0.15, 0.2) is 18.2 Å². The molecule has 1 N–H and O–H groups in total. The monoisotopic (exact) mass is 187 g/mol. The summed E-state index contributed by atoms with van der Waals surface area (Å²) in [5.41, 5.74) is 0.825. The summed E-state index contributed by atoms with van der Waals surface area (Å²) in [6, 6.07) is 5.33. The van der Waals surface area contributed by atoms with Gasteiger partial charge >= 0.3 is 0 Å². The minimum Gasteiger partial charge on any atom is -0.313 e. The quantitative estimate of drug-likeness (QED) is 0.689. The third-order valence-corrected chi connectivity index (χ3v) is 2.08. The third-order valence-electron chi connectivity index (χ3n) is 1.37. The maximum atomic E-state index is 6.89. The van der Waals surface area contributed by atoms with Crippen molar-refractivity contribution in [2.75, 3.05) is 0 Å². The highest BCUT2D eigenvalue weighted by atomic mass is 35.5. The molecule has 0 aliphatic rings. The van der Waals surface area contributed by atoms with Gasteiger partial charge in [-0.2, -0.15) is 0 Å². The van der Waals surface area contributed by atoms with Crippen LogP contribution in [0.1, 0.15) is 5.56 Å². The van der Waals surface area contributed by atoms with Crippen LogP contribution >= 0.6 is 23.2 Å². The second-order valence-electron chi connectivity index (χ2n) is 2.11. The lowest BCUT2D eigenvalue weighted by molar-refractivity contribution is 1.33. The molecule has 58 valence electrons. The fourth-order valence-corrected chi connectivity index (χ4v) is 1.38. The summed E-state index contributed by atoms with van der Waals surface area (Å²) in [4.78, 5) is 0. The molecule has 0 bridgehead atoms. The van der Waals surface area contributed by atoms with Crippen molar-refractivity contribution < 1.29 is 0 Å². The van der Waals surface area contributed by atoms with Crippen molar-refractivity contribution in [3.63, 3.8) is 0 Å². The highest BCUT2D eigenvalue weighted by Gasteiger charge is 2.01. The zero-order valence-electron chi connectivity index (χ0n) is 5.77. The maximum absolute atomic E-state index is 6.89. The lowest BCUT2D eigenvalue weighted by atomic mass is 10.2. The normalized spacial score (nSPS) is 9.64. The summed E-state index contributed by atoms with van der Waals surface area (Å²) < 4.78 is 0. The molecule has 11 heavy (non-hydrogen) atoms. The van der Waals surface area contributed by atoms with Crippen LogP contribution in [0.4, 0.5) is 0 Å². The molecule has 0 saturated heterocycles. The first kappa shape index (κ1) is 8.57. The number of hydrogen-bond donors (Lipinski definition) is 1. The average Bonchev–Trinajstić information content (AvgIpc) is 1.97. The first-order valence-electron chi connectivity index (χ1n) is 3.17. The zero-order chi connectivity index (χ0) is 8.27. The van der Waals surface area contributed by atoms with E-state index in [4.69, 9.17) is 28.6 Å². The van der Waals surface area contributed by atoms with Gasteiger partial charge in [0.1, 0.15) is 0 Å². The van der Waals surface area contributed by atoms with Crippen molar-refractivity contribution in [2.45, 2.75) is 6.42 Å². The van der Waals surface area contributed by atoms with Crippen molar-refractivity contribution in [2.24, 2.45) is 0 Å². The van der Waals surface area contributed by atoms with Crippen LogP contribution in [0.2, 0.25) is 10.0 Å². The van der Waals surface area contributed by atoms with Crippen molar-refractivity contribution >= 4 is 29.4 Å². The van der Waals surface area contributed by atoms with Crippen LogP contribution in [0.3, 0.4) is 0 Å². The number of rotatable bonds is 2. The first-order valence-corrected chi connectivity index (χ1v) is 3.93. The van der Waals surface area contributed by atoms with Gasteiger partial charge in [-0.1, -0.05) is 29.3 Å². The van der Waals surface area contributed by atoms with Gasteiger partial charge in [-0.3, -0.25) is 0 Å². The number of hydrogen-bond acceptors (Lipinski definition) is 1. The molecule has 0 saturated carbocycles. The van der Waals surface area contributed by atoms with Crippen LogP contribution in [0, 0.1) is 5.41 Å². The van der Waals surface area contributed by atoms with Crippen molar-refractivity contribution in [1.29, 1.82) is 5.41 Å². The zero-order valence-corrected chi connectivity index (χ0v) is 7.28. The van der Waals surface area contributed by atoms with E-state index < -0.39 is 0 Å². The summed E-state index contributed by atoms with van der Waals surface area (Å²) in [6.45, 7) is 0. The molecule has 0 heterocycles. The Morgan fingerprint density at radius 3 is 2.27 bits per heavy atom. The van der Waals surface area contributed by atoms with Gasteiger partial charge in [0.2, 0.25) is 0 Å². The molecule has 3 heteroatoms. The van der Waals surface area contributed by atoms with Gasteiger partial charge in [-0.15, -0.1) is 0 Å². The van der Waals surface area contributed by atoms with E-state index in [1.807, 2.05) is 0 Å². The molecule has 0 aliphatic heterocycles. The summed E-state index contributed by atoms with van der Waals surface area (Å²) in [7, 11) is 0. The molecule has 0 fully saturated rings. The molecule has 0 aromatic heterocycles. The maximum Gasteiger partial charge on any atom is 0.0456 e. The summed E-state index contributed by atoms with van der Waals surface area (Å²) in [6.07, 6.45) is 1.78. The molecule has 0 atom stereocenters. The standard InChI is InChI=1S/C8H7Cl2N/c9-7-2-1-3-8(10)6(7)4-5-11/h1-3,5,11H,4H2. The van der Waals surface area contributed by atoms with E-state index in [0.29, 0.717) is 16.5 Å². The smallest absolute Gasteiger partial charge is 0.0456 e. The fraction of sp³-hybridized carbons (Fsp3) is 0.125. The van der Waals surface area contributed by atoms with Gasteiger partial charge in [-0.05, 0) is 23.9 Å². The predicted molar refractivity (Wildman–Crippen MR) is 48.9 cm³/mol. The Hall–Kier alpha value is -0.530. The van der Waals surface area contributed by atoms with Crippen molar-refractivity contribution in [3.05, 3.63) is 33.8 Å². The molecular formula is C8H7Cl2N. The molecular weight excluding hydrogens is 181 g/mol. The van der Waals surface area contributed by atoms with Gasteiger partial charge in [0.15, 0.2) is 0 Å². The van der Waals surface area contributed by atoms with E-state index in [1.54, 1.807) is 18.2 Å². The van der Waals surface area contributed by atoms with E-state index in [-0.39, 0.29) is 0 Å². The average molecular weight is 188 g/mol. The summed E-state index contributed by atoms with van der Waals surface area (Å²) in [5, 5.41) is 8.14. The van der Waals surface area contributed by atoms with Gasteiger partial charge in [0.25, 0.3) is 0 Å². The molecule has 0 radical (unpaired) electrons. The largest absolute Gasteiger partial charge is 0.313 e. The van der Waals surface area contributed by atoms with E-state index in [0.717, 1.165) is 5.56 Å². The Labute approximate surface area is 75.5 Å².